The Morgan fingerprint density at radius 2 is 1.96 bits per heavy atom. The Balaban J connectivity index is 1.51. The van der Waals surface area contributed by atoms with Crippen molar-refractivity contribution < 1.29 is 9.18 Å². The van der Waals surface area contributed by atoms with Crippen molar-refractivity contribution in [3.05, 3.63) is 77.7 Å². The highest BCUT2D eigenvalue weighted by molar-refractivity contribution is 6.16. The Bertz CT molecular complexity index is 1320. The third kappa shape index (κ3) is 2.54. The second-order valence-electron chi connectivity index (χ2n) is 6.46. The van der Waals surface area contributed by atoms with E-state index in [4.69, 9.17) is 0 Å². The largest absolute Gasteiger partial charge is 0.348 e. The SMILES string of the molecule is O=C(NCc1ccccc1F)c1ccc2nc3c(ccc4c[nH][nH]c43)c2c1. The van der Waals surface area contributed by atoms with Crippen LogP contribution in [0.4, 0.5) is 4.39 Å². The zero-order chi connectivity index (χ0) is 18.4. The molecule has 0 fully saturated rings. The van der Waals surface area contributed by atoms with E-state index in [1.165, 1.54) is 6.07 Å². The lowest BCUT2D eigenvalue weighted by Crippen LogP contribution is -2.23. The average Bonchev–Trinajstić information content (AvgIpc) is 3.30. The Hall–Kier alpha value is -3.67. The number of amides is 1. The van der Waals surface area contributed by atoms with Gasteiger partial charge in [-0.3, -0.25) is 9.89 Å². The van der Waals surface area contributed by atoms with E-state index in [0.717, 1.165) is 32.7 Å². The summed E-state index contributed by atoms with van der Waals surface area (Å²) in [5.74, 6) is -0.574. The first-order chi connectivity index (χ1) is 13.2. The van der Waals surface area contributed by atoms with Gasteiger partial charge < -0.3 is 10.4 Å². The number of aromatic nitrogens is 3. The summed E-state index contributed by atoms with van der Waals surface area (Å²) in [6.07, 6.45) is 1.88. The topological polar surface area (TPSA) is 73.6 Å². The number of hydrogen-bond acceptors (Lipinski definition) is 2. The Kier molecular flexibility index (Phi) is 3.43. The number of carbonyl (C=O) groups excluding carboxylic acids is 1. The van der Waals surface area contributed by atoms with Crippen LogP contribution in [-0.2, 0) is 6.54 Å². The molecule has 2 aromatic heterocycles. The molecule has 5 aromatic rings. The van der Waals surface area contributed by atoms with Gasteiger partial charge in [-0.2, -0.15) is 0 Å². The summed E-state index contributed by atoms with van der Waals surface area (Å²) in [4.78, 5) is 17.2. The average molecular weight is 358 g/mol. The number of nitrogens with zero attached hydrogens (tertiary/aromatic N) is 1. The number of carbonyl (C=O) groups is 1. The molecule has 0 saturated carbocycles. The molecule has 132 valence electrons. The Morgan fingerprint density at radius 3 is 2.85 bits per heavy atom. The second kappa shape index (κ2) is 5.95. The summed E-state index contributed by atoms with van der Waals surface area (Å²) in [6.45, 7) is 0.141. The maximum atomic E-state index is 13.7. The molecule has 0 radical (unpaired) electrons. The highest BCUT2D eigenvalue weighted by atomic mass is 19.1. The van der Waals surface area contributed by atoms with Crippen LogP contribution in [0.5, 0.6) is 0 Å². The highest BCUT2D eigenvalue weighted by Crippen LogP contribution is 2.30. The van der Waals surface area contributed by atoms with Crippen molar-refractivity contribution in [3.63, 3.8) is 0 Å². The van der Waals surface area contributed by atoms with Gasteiger partial charge in [0.2, 0.25) is 0 Å². The molecule has 5 rings (SSSR count). The number of halogens is 1. The predicted molar refractivity (Wildman–Crippen MR) is 103 cm³/mol. The third-order valence-corrected chi connectivity index (χ3v) is 4.81. The molecule has 0 atom stereocenters. The molecule has 0 unspecified atom stereocenters. The van der Waals surface area contributed by atoms with Gasteiger partial charge in [0.1, 0.15) is 5.82 Å². The first kappa shape index (κ1) is 15.6. The molecule has 0 aliphatic rings. The molecule has 6 heteroatoms. The van der Waals surface area contributed by atoms with Crippen LogP contribution >= 0.6 is 0 Å². The number of fused-ring (bicyclic) bond motifs is 5. The van der Waals surface area contributed by atoms with E-state index in [1.807, 2.05) is 30.5 Å². The summed E-state index contributed by atoms with van der Waals surface area (Å²) < 4.78 is 13.7. The molecule has 0 spiro atoms. The van der Waals surface area contributed by atoms with Gasteiger partial charge in [-0.05, 0) is 24.3 Å². The monoisotopic (exact) mass is 358 g/mol. The molecular weight excluding hydrogens is 343 g/mol. The summed E-state index contributed by atoms with van der Waals surface area (Å²) >= 11 is 0. The van der Waals surface area contributed by atoms with E-state index in [9.17, 15) is 9.18 Å². The van der Waals surface area contributed by atoms with Gasteiger partial charge in [-0.15, -0.1) is 0 Å². The summed E-state index contributed by atoms with van der Waals surface area (Å²) in [7, 11) is 0. The molecule has 5 nitrogen and oxygen atoms in total. The van der Waals surface area contributed by atoms with Gasteiger partial charge >= 0.3 is 0 Å². The minimum absolute atomic E-state index is 0.141. The first-order valence-electron chi connectivity index (χ1n) is 8.60. The van der Waals surface area contributed by atoms with Crippen molar-refractivity contribution in [3.8, 4) is 0 Å². The number of H-pyrrole nitrogens is 2. The van der Waals surface area contributed by atoms with Crippen LogP contribution in [0.15, 0.2) is 60.8 Å². The molecule has 3 N–H and O–H groups in total. The maximum absolute atomic E-state index is 13.7. The van der Waals surface area contributed by atoms with Gasteiger partial charge in [0.05, 0.1) is 16.6 Å². The molecule has 0 bridgehead atoms. The zero-order valence-corrected chi connectivity index (χ0v) is 14.2. The van der Waals surface area contributed by atoms with E-state index in [-0.39, 0.29) is 18.3 Å². The molecule has 0 aliphatic heterocycles. The normalized spacial score (nSPS) is 11.4. The second-order valence-corrected chi connectivity index (χ2v) is 6.46. The zero-order valence-electron chi connectivity index (χ0n) is 14.2. The van der Waals surface area contributed by atoms with E-state index in [2.05, 4.69) is 20.5 Å². The quantitative estimate of drug-likeness (QED) is 0.451. The lowest BCUT2D eigenvalue weighted by atomic mass is 10.1. The van der Waals surface area contributed by atoms with Crippen molar-refractivity contribution in [2.24, 2.45) is 0 Å². The molecule has 3 aromatic carbocycles. The van der Waals surface area contributed by atoms with E-state index in [1.54, 1.807) is 24.3 Å². The van der Waals surface area contributed by atoms with Crippen LogP contribution in [0.3, 0.4) is 0 Å². The van der Waals surface area contributed by atoms with Gasteiger partial charge in [0.15, 0.2) is 0 Å². The fourth-order valence-electron chi connectivity index (χ4n) is 3.41. The Labute approximate surface area is 153 Å². The number of nitrogens with one attached hydrogen (secondary N) is 3. The minimum atomic E-state index is -0.328. The van der Waals surface area contributed by atoms with Crippen molar-refractivity contribution in [1.82, 2.24) is 20.5 Å². The van der Waals surface area contributed by atoms with E-state index >= 15 is 0 Å². The third-order valence-electron chi connectivity index (χ3n) is 4.81. The highest BCUT2D eigenvalue weighted by Gasteiger charge is 2.13. The van der Waals surface area contributed by atoms with Gasteiger partial charge in [0, 0.05) is 40.0 Å². The lowest BCUT2D eigenvalue weighted by molar-refractivity contribution is 0.0950. The van der Waals surface area contributed by atoms with E-state index in [0.29, 0.717) is 11.1 Å². The van der Waals surface area contributed by atoms with Crippen molar-refractivity contribution in [2.75, 3.05) is 0 Å². The van der Waals surface area contributed by atoms with E-state index < -0.39 is 0 Å². The molecule has 0 saturated heterocycles. The van der Waals surface area contributed by atoms with Crippen LogP contribution in [0.25, 0.3) is 32.7 Å². The van der Waals surface area contributed by atoms with Crippen LogP contribution in [0, 0.1) is 5.82 Å². The summed E-state index contributed by atoms with van der Waals surface area (Å²) in [5, 5.41) is 11.8. The smallest absolute Gasteiger partial charge is 0.251 e. The summed E-state index contributed by atoms with van der Waals surface area (Å²) in [5.41, 5.74) is 3.61. The van der Waals surface area contributed by atoms with Crippen molar-refractivity contribution in [1.29, 1.82) is 0 Å². The van der Waals surface area contributed by atoms with Crippen LogP contribution < -0.4 is 5.32 Å². The number of benzene rings is 3. The molecule has 1 amide bonds. The summed E-state index contributed by atoms with van der Waals surface area (Å²) in [6, 6.07) is 15.8. The fraction of sp³-hybridized carbons (Fsp3) is 0.0476. The number of rotatable bonds is 3. The van der Waals surface area contributed by atoms with Gasteiger partial charge in [-0.25, -0.2) is 9.37 Å². The lowest BCUT2D eigenvalue weighted by Gasteiger charge is -2.06. The fourth-order valence-corrected chi connectivity index (χ4v) is 3.41. The molecule has 27 heavy (non-hydrogen) atoms. The number of hydrogen-bond donors (Lipinski definition) is 3. The van der Waals surface area contributed by atoms with Crippen LogP contribution in [0.2, 0.25) is 0 Å². The molecule has 0 aliphatic carbocycles. The standard InChI is InChI=1S/C21H15FN4O/c22-17-4-2-1-3-13(17)10-23-21(27)12-6-8-18-16(9-12)15-7-5-14-11-24-26-19(14)20(15)25-18/h1-9,11,24,26H,10H2,(H,23,27). The Morgan fingerprint density at radius 1 is 1.07 bits per heavy atom. The van der Waals surface area contributed by atoms with Crippen molar-refractivity contribution >= 4 is 38.6 Å². The van der Waals surface area contributed by atoms with Crippen molar-refractivity contribution in [2.45, 2.75) is 6.54 Å². The minimum Gasteiger partial charge on any atom is -0.348 e. The van der Waals surface area contributed by atoms with Crippen LogP contribution in [-0.4, -0.2) is 21.1 Å². The molecule has 2 heterocycles. The molecular formula is C21H15FN4O. The predicted octanol–water partition coefficient (Wildman–Crippen LogP) is 4.27. The van der Waals surface area contributed by atoms with Crippen LogP contribution in [0.1, 0.15) is 15.9 Å². The first-order valence-corrected chi connectivity index (χ1v) is 8.60. The van der Waals surface area contributed by atoms with Gasteiger partial charge in [-0.1, -0.05) is 30.3 Å². The number of aromatic amines is 2. The van der Waals surface area contributed by atoms with Gasteiger partial charge in [0.25, 0.3) is 5.91 Å². The maximum Gasteiger partial charge on any atom is 0.251 e.